The van der Waals surface area contributed by atoms with Crippen LogP contribution in [-0.4, -0.2) is 43.4 Å². The Hall–Kier alpha value is -0.500. The quantitative estimate of drug-likeness (QED) is 0.731. The van der Waals surface area contributed by atoms with Gasteiger partial charge < -0.3 is 5.73 Å². The van der Waals surface area contributed by atoms with E-state index in [4.69, 9.17) is 5.73 Å². The molecule has 0 aliphatic rings. The highest BCUT2D eigenvalue weighted by Crippen LogP contribution is 2.21. The van der Waals surface area contributed by atoms with Crippen molar-refractivity contribution in [3.63, 3.8) is 0 Å². The molecule has 0 aromatic rings. The molecular weight excluding hydrogens is 214 g/mol. The minimum atomic E-state index is -4.64. The van der Waals surface area contributed by atoms with Crippen LogP contribution in [-0.2, 0) is 0 Å². The Bertz CT molecular complexity index is 147. The second-order valence-electron chi connectivity index (χ2n) is 2.73. The average Bonchev–Trinajstić information content (AvgIpc) is 1.78. The zero-order chi connectivity index (χ0) is 11.4. The second-order valence-corrected chi connectivity index (χ2v) is 2.73. The van der Waals surface area contributed by atoms with E-state index >= 15 is 0 Å². The molecule has 0 saturated heterocycles. The highest BCUT2D eigenvalue weighted by molar-refractivity contribution is 4.67. The molecule has 0 fully saturated rings. The van der Waals surface area contributed by atoms with E-state index in [0.717, 1.165) is 0 Å². The molecule has 0 heterocycles. The van der Waals surface area contributed by atoms with Crippen molar-refractivity contribution in [2.75, 3.05) is 26.2 Å². The molecule has 0 spiro atoms. The van der Waals surface area contributed by atoms with Crippen LogP contribution in [0.15, 0.2) is 0 Å². The molecule has 0 unspecified atom stereocenters. The van der Waals surface area contributed by atoms with E-state index in [0.29, 0.717) is 0 Å². The maximum Gasteiger partial charge on any atom is 0.401 e. The predicted octanol–water partition coefficient (Wildman–Crippen LogP) is 1.37. The maximum absolute atomic E-state index is 11.8. The fraction of sp³-hybridized carbons (Fsp3) is 1.00. The topological polar surface area (TPSA) is 29.3 Å². The van der Waals surface area contributed by atoms with Gasteiger partial charge in [0.25, 0.3) is 0 Å². The minimum absolute atomic E-state index is 0.222. The lowest BCUT2D eigenvalue weighted by Crippen LogP contribution is -2.42. The summed E-state index contributed by atoms with van der Waals surface area (Å²) in [5, 5.41) is 0. The molecule has 0 amide bonds. The molecule has 8 heteroatoms. The second kappa shape index (κ2) is 4.83. The maximum atomic E-state index is 11.8. The zero-order valence-corrected chi connectivity index (χ0v) is 7.12. The van der Waals surface area contributed by atoms with Gasteiger partial charge in [-0.25, -0.2) is 0 Å². The molecule has 0 atom stereocenters. The number of halogens is 6. The van der Waals surface area contributed by atoms with Gasteiger partial charge in [0.2, 0.25) is 0 Å². The summed E-state index contributed by atoms with van der Waals surface area (Å²) in [7, 11) is 0. The first-order chi connectivity index (χ1) is 6.14. The predicted molar refractivity (Wildman–Crippen MR) is 37.6 cm³/mol. The summed E-state index contributed by atoms with van der Waals surface area (Å²) in [6, 6.07) is 0. The van der Waals surface area contributed by atoms with Crippen LogP contribution in [0.1, 0.15) is 0 Å². The Kier molecular flexibility index (Phi) is 4.66. The van der Waals surface area contributed by atoms with E-state index in [9.17, 15) is 26.3 Å². The van der Waals surface area contributed by atoms with Crippen molar-refractivity contribution in [1.82, 2.24) is 4.90 Å². The smallest absolute Gasteiger partial charge is 0.329 e. The van der Waals surface area contributed by atoms with Gasteiger partial charge in [-0.15, -0.1) is 0 Å². The first-order valence-corrected chi connectivity index (χ1v) is 3.70. The molecule has 0 aromatic carbocycles. The van der Waals surface area contributed by atoms with Crippen LogP contribution in [0.5, 0.6) is 0 Å². The van der Waals surface area contributed by atoms with Crippen molar-refractivity contribution in [2.45, 2.75) is 12.4 Å². The molecule has 2 N–H and O–H groups in total. The van der Waals surface area contributed by atoms with Gasteiger partial charge in [-0.2, -0.15) is 26.3 Å². The van der Waals surface area contributed by atoms with Crippen LogP contribution < -0.4 is 5.73 Å². The van der Waals surface area contributed by atoms with Crippen LogP contribution >= 0.6 is 0 Å². The van der Waals surface area contributed by atoms with Crippen molar-refractivity contribution >= 4 is 0 Å². The van der Waals surface area contributed by atoms with Gasteiger partial charge in [-0.3, -0.25) is 4.90 Å². The SMILES string of the molecule is NCCN(CC(F)(F)F)CC(F)(F)F. The molecular formula is C6H10F6N2. The van der Waals surface area contributed by atoms with Gasteiger partial charge in [0.15, 0.2) is 0 Å². The number of nitrogens with zero attached hydrogens (tertiary/aromatic N) is 1. The highest BCUT2D eigenvalue weighted by atomic mass is 19.4. The van der Waals surface area contributed by atoms with Crippen LogP contribution in [0.25, 0.3) is 0 Å². The van der Waals surface area contributed by atoms with E-state index in [-0.39, 0.29) is 11.4 Å². The molecule has 86 valence electrons. The highest BCUT2D eigenvalue weighted by Gasteiger charge is 2.36. The van der Waals surface area contributed by atoms with E-state index in [1.54, 1.807) is 0 Å². The standard InChI is InChI=1S/C6H10F6N2/c7-5(8,9)3-14(2-1-13)4-6(10,11)12/h1-4,13H2. The van der Waals surface area contributed by atoms with Gasteiger partial charge >= 0.3 is 12.4 Å². The largest absolute Gasteiger partial charge is 0.401 e. The fourth-order valence-electron chi connectivity index (χ4n) is 0.904. The summed E-state index contributed by atoms with van der Waals surface area (Å²) in [5.74, 6) is 0. The summed E-state index contributed by atoms with van der Waals surface area (Å²) in [6.07, 6.45) is -9.28. The lowest BCUT2D eigenvalue weighted by Gasteiger charge is -2.23. The van der Waals surface area contributed by atoms with Gasteiger partial charge in [-0.1, -0.05) is 0 Å². The van der Waals surface area contributed by atoms with E-state index in [1.165, 1.54) is 0 Å². The van der Waals surface area contributed by atoms with Gasteiger partial charge in [0, 0.05) is 13.1 Å². The molecule has 0 aliphatic heterocycles. The molecule has 14 heavy (non-hydrogen) atoms. The number of nitrogens with two attached hydrogens (primary N) is 1. The molecule has 0 bridgehead atoms. The first kappa shape index (κ1) is 13.5. The van der Waals surface area contributed by atoms with Gasteiger partial charge in [0.05, 0.1) is 13.1 Å². The third kappa shape index (κ3) is 8.11. The monoisotopic (exact) mass is 224 g/mol. The minimum Gasteiger partial charge on any atom is -0.329 e. The lowest BCUT2D eigenvalue weighted by molar-refractivity contribution is -0.179. The van der Waals surface area contributed by atoms with Crippen molar-refractivity contribution < 1.29 is 26.3 Å². The van der Waals surface area contributed by atoms with Crippen LogP contribution in [0.4, 0.5) is 26.3 Å². The third-order valence-electron chi connectivity index (χ3n) is 1.25. The summed E-state index contributed by atoms with van der Waals surface area (Å²) in [6.45, 7) is -3.86. The Labute approximate surface area is 76.7 Å². The van der Waals surface area contributed by atoms with Crippen molar-refractivity contribution in [3.05, 3.63) is 0 Å². The van der Waals surface area contributed by atoms with E-state index in [1.807, 2.05) is 0 Å². The summed E-state index contributed by atoms with van der Waals surface area (Å²) in [5.41, 5.74) is 4.89. The van der Waals surface area contributed by atoms with Crippen molar-refractivity contribution in [2.24, 2.45) is 5.73 Å². The molecule has 0 saturated carbocycles. The normalized spacial score (nSPS) is 13.7. The number of alkyl halides is 6. The van der Waals surface area contributed by atoms with Crippen molar-refractivity contribution in [3.8, 4) is 0 Å². The van der Waals surface area contributed by atoms with Crippen LogP contribution in [0, 0.1) is 0 Å². The number of hydrogen-bond acceptors (Lipinski definition) is 2. The average molecular weight is 224 g/mol. The third-order valence-corrected chi connectivity index (χ3v) is 1.25. The summed E-state index contributed by atoms with van der Waals surface area (Å²) in [4.78, 5) is 0.222. The zero-order valence-electron chi connectivity index (χ0n) is 7.12. The Morgan fingerprint density at radius 3 is 1.43 bits per heavy atom. The fourth-order valence-corrected chi connectivity index (χ4v) is 0.904. The van der Waals surface area contributed by atoms with E-state index in [2.05, 4.69) is 0 Å². The van der Waals surface area contributed by atoms with Crippen LogP contribution in [0.3, 0.4) is 0 Å². The Morgan fingerprint density at radius 1 is 0.857 bits per heavy atom. The van der Waals surface area contributed by atoms with Crippen LogP contribution in [0.2, 0.25) is 0 Å². The van der Waals surface area contributed by atoms with Gasteiger partial charge in [0.1, 0.15) is 0 Å². The number of rotatable bonds is 4. The molecule has 0 radical (unpaired) electrons. The Morgan fingerprint density at radius 2 is 1.21 bits per heavy atom. The van der Waals surface area contributed by atoms with Gasteiger partial charge in [-0.05, 0) is 0 Å². The van der Waals surface area contributed by atoms with E-state index < -0.39 is 32.0 Å². The first-order valence-electron chi connectivity index (χ1n) is 3.70. The number of hydrogen-bond donors (Lipinski definition) is 1. The molecule has 0 aromatic heterocycles. The summed E-state index contributed by atoms with van der Waals surface area (Å²) >= 11 is 0. The molecule has 0 aliphatic carbocycles. The van der Waals surface area contributed by atoms with Crippen molar-refractivity contribution in [1.29, 1.82) is 0 Å². The summed E-state index contributed by atoms with van der Waals surface area (Å²) < 4.78 is 70.5. The molecule has 2 nitrogen and oxygen atoms in total. The lowest BCUT2D eigenvalue weighted by atomic mass is 10.4. The Balaban J connectivity index is 4.16. The molecule has 0 rings (SSSR count).